The van der Waals surface area contributed by atoms with E-state index in [1.165, 1.54) is 45.0 Å². The Hall–Kier alpha value is -4.40. The lowest BCUT2D eigenvalue weighted by Crippen LogP contribution is -2.31. The summed E-state index contributed by atoms with van der Waals surface area (Å²) in [5.74, 6) is -2.21. The predicted molar refractivity (Wildman–Crippen MR) is 125 cm³/mol. The van der Waals surface area contributed by atoms with E-state index < -0.39 is 36.3 Å². The average Bonchev–Trinajstić information content (AvgIpc) is 2.83. The standard InChI is InChI=1S/C26H26O9/c1-6-15-31-21-11-7-20(8-12-21)26(30)35-22-13-9-19(10-14-22)25(29)32-17(4)24(28)34-18(5)33-23(27)16(2)3/h6-14,17-18H,1-2,15H2,3-5H3. The summed E-state index contributed by atoms with van der Waals surface area (Å²) in [7, 11) is 0. The van der Waals surface area contributed by atoms with Crippen molar-refractivity contribution >= 4 is 23.9 Å². The molecule has 0 heterocycles. The highest BCUT2D eigenvalue weighted by Gasteiger charge is 2.24. The summed E-state index contributed by atoms with van der Waals surface area (Å²) >= 11 is 0. The normalized spacial score (nSPS) is 11.9. The van der Waals surface area contributed by atoms with Gasteiger partial charge < -0.3 is 23.7 Å². The molecule has 0 aliphatic rings. The van der Waals surface area contributed by atoms with Gasteiger partial charge in [-0.15, -0.1) is 0 Å². The third-order valence-electron chi connectivity index (χ3n) is 4.28. The number of carbonyl (C=O) groups is 4. The van der Waals surface area contributed by atoms with Crippen molar-refractivity contribution in [2.75, 3.05) is 6.61 Å². The maximum Gasteiger partial charge on any atom is 0.350 e. The van der Waals surface area contributed by atoms with Crippen molar-refractivity contribution in [2.24, 2.45) is 0 Å². The van der Waals surface area contributed by atoms with E-state index in [4.69, 9.17) is 23.7 Å². The summed E-state index contributed by atoms with van der Waals surface area (Å²) in [6, 6.07) is 12.0. The Morgan fingerprint density at radius 3 is 1.91 bits per heavy atom. The highest BCUT2D eigenvalue weighted by atomic mass is 16.7. The molecular weight excluding hydrogens is 456 g/mol. The van der Waals surface area contributed by atoms with Gasteiger partial charge in [0.25, 0.3) is 0 Å². The van der Waals surface area contributed by atoms with E-state index in [-0.39, 0.29) is 16.9 Å². The Balaban J connectivity index is 1.88. The van der Waals surface area contributed by atoms with E-state index in [0.29, 0.717) is 17.9 Å². The molecule has 0 aromatic heterocycles. The van der Waals surface area contributed by atoms with Crippen molar-refractivity contribution in [3.05, 3.63) is 84.5 Å². The third kappa shape index (κ3) is 8.47. The molecule has 2 aromatic rings. The van der Waals surface area contributed by atoms with Gasteiger partial charge in [0.2, 0.25) is 6.29 Å². The van der Waals surface area contributed by atoms with E-state index in [2.05, 4.69) is 13.2 Å². The minimum absolute atomic E-state index is 0.120. The number of benzene rings is 2. The van der Waals surface area contributed by atoms with Crippen LogP contribution >= 0.6 is 0 Å². The zero-order valence-corrected chi connectivity index (χ0v) is 19.6. The van der Waals surface area contributed by atoms with E-state index >= 15 is 0 Å². The third-order valence-corrected chi connectivity index (χ3v) is 4.28. The Morgan fingerprint density at radius 1 is 0.829 bits per heavy atom. The van der Waals surface area contributed by atoms with Crippen LogP contribution in [0.15, 0.2) is 73.3 Å². The van der Waals surface area contributed by atoms with Crippen LogP contribution in [0, 0.1) is 0 Å². The smallest absolute Gasteiger partial charge is 0.350 e. The monoisotopic (exact) mass is 482 g/mol. The molecule has 35 heavy (non-hydrogen) atoms. The lowest BCUT2D eigenvalue weighted by molar-refractivity contribution is -0.187. The van der Waals surface area contributed by atoms with Crippen molar-refractivity contribution in [2.45, 2.75) is 33.2 Å². The molecule has 0 saturated heterocycles. The molecule has 0 radical (unpaired) electrons. The van der Waals surface area contributed by atoms with Crippen molar-refractivity contribution in [1.82, 2.24) is 0 Å². The number of esters is 4. The summed E-state index contributed by atoms with van der Waals surface area (Å²) in [6.45, 7) is 11.5. The highest BCUT2D eigenvalue weighted by molar-refractivity contribution is 5.93. The van der Waals surface area contributed by atoms with Gasteiger partial charge in [-0.1, -0.05) is 19.2 Å². The van der Waals surface area contributed by atoms with Gasteiger partial charge in [-0.05, 0) is 62.4 Å². The number of ether oxygens (including phenoxy) is 5. The Labute approximate surface area is 202 Å². The minimum Gasteiger partial charge on any atom is -0.490 e. The summed E-state index contributed by atoms with van der Waals surface area (Å²) < 4.78 is 25.5. The first-order valence-corrected chi connectivity index (χ1v) is 10.5. The minimum atomic E-state index is -1.26. The molecular formula is C26H26O9. The molecule has 0 fully saturated rings. The second-order valence-corrected chi connectivity index (χ2v) is 7.28. The van der Waals surface area contributed by atoms with E-state index in [1.807, 2.05) is 0 Å². The molecule has 2 aromatic carbocycles. The van der Waals surface area contributed by atoms with Crippen LogP contribution in [0.5, 0.6) is 11.5 Å². The largest absolute Gasteiger partial charge is 0.490 e. The first-order chi connectivity index (χ1) is 16.6. The molecule has 2 unspecified atom stereocenters. The van der Waals surface area contributed by atoms with Crippen molar-refractivity contribution in [1.29, 1.82) is 0 Å². The SMILES string of the molecule is C=CCOc1ccc(C(=O)Oc2ccc(C(=O)OC(C)C(=O)OC(C)OC(=O)C(=C)C)cc2)cc1. The fraction of sp³-hybridized carbons (Fsp3) is 0.231. The molecule has 0 amide bonds. The van der Waals surface area contributed by atoms with Crippen LogP contribution < -0.4 is 9.47 Å². The van der Waals surface area contributed by atoms with Gasteiger partial charge in [-0.2, -0.15) is 0 Å². The van der Waals surface area contributed by atoms with E-state index in [0.717, 1.165) is 0 Å². The van der Waals surface area contributed by atoms with Crippen LogP contribution in [0.3, 0.4) is 0 Å². The molecule has 9 nitrogen and oxygen atoms in total. The van der Waals surface area contributed by atoms with E-state index in [1.54, 1.807) is 30.3 Å². The van der Waals surface area contributed by atoms with Crippen molar-refractivity contribution < 1.29 is 42.9 Å². The van der Waals surface area contributed by atoms with Crippen LogP contribution in [0.4, 0.5) is 0 Å². The van der Waals surface area contributed by atoms with Crippen LogP contribution in [-0.2, 0) is 23.8 Å². The molecule has 2 rings (SSSR count). The van der Waals surface area contributed by atoms with Gasteiger partial charge in [0.05, 0.1) is 11.1 Å². The van der Waals surface area contributed by atoms with E-state index in [9.17, 15) is 19.2 Å². The zero-order valence-electron chi connectivity index (χ0n) is 19.6. The topological polar surface area (TPSA) is 114 Å². The highest BCUT2D eigenvalue weighted by Crippen LogP contribution is 2.18. The average molecular weight is 482 g/mol. The maximum atomic E-state index is 12.3. The van der Waals surface area contributed by atoms with Crippen molar-refractivity contribution in [3.8, 4) is 11.5 Å². The quantitative estimate of drug-likeness (QED) is 0.154. The second kappa shape index (κ2) is 12.7. The lowest BCUT2D eigenvalue weighted by atomic mass is 10.2. The summed E-state index contributed by atoms with van der Waals surface area (Å²) in [4.78, 5) is 48.2. The first-order valence-electron chi connectivity index (χ1n) is 10.5. The van der Waals surface area contributed by atoms with Gasteiger partial charge in [-0.25, -0.2) is 19.2 Å². The van der Waals surface area contributed by atoms with Gasteiger partial charge in [0.15, 0.2) is 6.10 Å². The van der Waals surface area contributed by atoms with Crippen molar-refractivity contribution in [3.63, 3.8) is 0 Å². The first kappa shape index (κ1) is 26.8. The predicted octanol–water partition coefficient (Wildman–Crippen LogP) is 4.02. The summed E-state index contributed by atoms with van der Waals surface area (Å²) in [5.41, 5.74) is 0.582. The van der Waals surface area contributed by atoms with Gasteiger partial charge >= 0.3 is 23.9 Å². The maximum absolute atomic E-state index is 12.3. The zero-order chi connectivity index (χ0) is 26.0. The van der Waals surface area contributed by atoms with Crippen LogP contribution in [0.2, 0.25) is 0 Å². The number of carbonyl (C=O) groups excluding carboxylic acids is 4. The van der Waals surface area contributed by atoms with Crippen LogP contribution in [0.1, 0.15) is 41.5 Å². The fourth-order valence-electron chi connectivity index (χ4n) is 2.48. The number of hydrogen-bond acceptors (Lipinski definition) is 9. The molecule has 0 aliphatic heterocycles. The summed E-state index contributed by atoms with van der Waals surface area (Å²) in [6.07, 6.45) is -0.832. The Morgan fingerprint density at radius 2 is 1.37 bits per heavy atom. The number of rotatable bonds is 11. The molecule has 2 atom stereocenters. The summed E-state index contributed by atoms with van der Waals surface area (Å²) in [5, 5.41) is 0. The Bertz CT molecular complexity index is 1080. The second-order valence-electron chi connectivity index (χ2n) is 7.28. The molecule has 0 N–H and O–H groups in total. The fourth-order valence-corrected chi connectivity index (χ4v) is 2.48. The molecule has 184 valence electrons. The molecule has 0 aliphatic carbocycles. The van der Waals surface area contributed by atoms with Crippen LogP contribution in [0.25, 0.3) is 0 Å². The molecule has 9 heteroatoms. The molecule has 0 bridgehead atoms. The molecule has 0 saturated carbocycles. The molecule has 0 spiro atoms. The van der Waals surface area contributed by atoms with Gasteiger partial charge in [-0.3, -0.25) is 0 Å². The lowest BCUT2D eigenvalue weighted by Gasteiger charge is -2.17. The Kier molecular flexibility index (Phi) is 9.77. The van der Waals surface area contributed by atoms with Gasteiger partial charge in [0.1, 0.15) is 18.1 Å². The number of hydrogen-bond donors (Lipinski definition) is 0. The van der Waals surface area contributed by atoms with Crippen LogP contribution in [-0.4, -0.2) is 42.9 Å². The van der Waals surface area contributed by atoms with Gasteiger partial charge in [0, 0.05) is 12.5 Å².